The van der Waals surface area contributed by atoms with Gasteiger partial charge in [-0.15, -0.1) is 10.2 Å². The van der Waals surface area contributed by atoms with Gasteiger partial charge in [0.1, 0.15) is 6.04 Å². The summed E-state index contributed by atoms with van der Waals surface area (Å²) in [5, 5.41) is 7.65. The molecular formula is C14H20F2N4O3. The summed E-state index contributed by atoms with van der Waals surface area (Å²) in [4.78, 5) is 15.6. The van der Waals surface area contributed by atoms with Crippen molar-refractivity contribution in [3.63, 3.8) is 0 Å². The van der Waals surface area contributed by atoms with E-state index >= 15 is 0 Å². The van der Waals surface area contributed by atoms with Crippen molar-refractivity contribution in [3.8, 4) is 0 Å². The maximum absolute atomic E-state index is 13.8. The van der Waals surface area contributed by atoms with Crippen LogP contribution in [0.4, 0.5) is 8.78 Å². The lowest BCUT2D eigenvalue weighted by Gasteiger charge is -2.29. The van der Waals surface area contributed by atoms with E-state index in [1.165, 1.54) is 4.90 Å². The van der Waals surface area contributed by atoms with Crippen LogP contribution in [0, 0.1) is 0 Å². The summed E-state index contributed by atoms with van der Waals surface area (Å²) in [5.74, 6) is -2.80. The van der Waals surface area contributed by atoms with Gasteiger partial charge in [-0.3, -0.25) is 9.69 Å². The lowest BCUT2D eigenvalue weighted by atomic mass is 10.2. The van der Waals surface area contributed by atoms with Crippen molar-refractivity contribution in [1.29, 1.82) is 0 Å². The average Bonchev–Trinajstić information content (AvgIpc) is 3.12. The fourth-order valence-corrected chi connectivity index (χ4v) is 2.89. The fourth-order valence-electron chi connectivity index (χ4n) is 2.89. The molecule has 1 atom stereocenters. The summed E-state index contributed by atoms with van der Waals surface area (Å²) in [7, 11) is 0. The molecule has 7 nitrogen and oxygen atoms in total. The number of carbonyl (C=O) groups excluding carboxylic acids is 1. The van der Waals surface area contributed by atoms with Crippen molar-refractivity contribution >= 4 is 5.91 Å². The Balaban J connectivity index is 1.72. The van der Waals surface area contributed by atoms with E-state index in [2.05, 4.69) is 10.2 Å². The highest BCUT2D eigenvalue weighted by Gasteiger charge is 2.49. The van der Waals surface area contributed by atoms with Crippen molar-refractivity contribution in [1.82, 2.24) is 20.0 Å². The molecule has 0 radical (unpaired) electrons. The van der Waals surface area contributed by atoms with Crippen LogP contribution in [0.25, 0.3) is 0 Å². The molecule has 3 rings (SSSR count). The van der Waals surface area contributed by atoms with E-state index in [0.29, 0.717) is 38.6 Å². The fraction of sp³-hybridized carbons (Fsp3) is 0.786. The van der Waals surface area contributed by atoms with Crippen molar-refractivity contribution in [2.75, 3.05) is 39.4 Å². The first kappa shape index (κ1) is 16.3. The summed E-state index contributed by atoms with van der Waals surface area (Å²) >= 11 is 0. The Labute approximate surface area is 132 Å². The Morgan fingerprint density at radius 1 is 1.35 bits per heavy atom. The van der Waals surface area contributed by atoms with Gasteiger partial charge in [-0.2, -0.15) is 0 Å². The monoisotopic (exact) mass is 330 g/mol. The smallest absolute Gasteiger partial charge is 0.267 e. The molecule has 2 fully saturated rings. The van der Waals surface area contributed by atoms with Crippen LogP contribution in [0.3, 0.4) is 0 Å². The van der Waals surface area contributed by atoms with Crippen molar-refractivity contribution in [2.45, 2.75) is 31.7 Å². The zero-order valence-corrected chi connectivity index (χ0v) is 13.0. The number of morpholine rings is 1. The maximum atomic E-state index is 13.8. The Hall–Kier alpha value is -1.61. The lowest BCUT2D eigenvalue weighted by Crippen LogP contribution is -2.45. The number of aromatic nitrogens is 2. The summed E-state index contributed by atoms with van der Waals surface area (Å²) in [6, 6.07) is -0.855. The minimum Gasteiger partial charge on any atom is -0.423 e. The SMILES string of the molecule is CCc1nnc([C@@H]2CC(F)(F)CN2C(=O)CN2CCOCC2)o1. The number of hydrogen-bond donors (Lipinski definition) is 0. The number of rotatable bonds is 4. The van der Waals surface area contributed by atoms with Gasteiger partial charge in [-0.25, -0.2) is 8.78 Å². The number of halogens is 2. The first-order valence-corrected chi connectivity index (χ1v) is 7.78. The van der Waals surface area contributed by atoms with Crippen LogP contribution >= 0.6 is 0 Å². The number of nitrogens with zero attached hydrogens (tertiary/aromatic N) is 4. The third-order valence-electron chi connectivity index (χ3n) is 4.12. The molecule has 2 aliphatic heterocycles. The summed E-state index contributed by atoms with van der Waals surface area (Å²) in [5.41, 5.74) is 0. The molecule has 0 aliphatic carbocycles. The van der Waals surface area contributed by atoms with E-state index in [1.54, 1.807) is 0 Å². The average molecular weight is 330 g/mol. The van der Waals surface area contributed by atoms with Gasteiger partial charge in [0.15, 0.2) is 0 Å². The standard InChI is InChI=1S/C14H20F2N4O3/c1-2-11-17-18-13(23-11)10-7-14(15,16)9-20(10)12(21)8-19-3-5-22-6-4-19/h10H,2-9H2,1H3/t10-/m0/s1. The van der Waals surface area contributed by atoms with Crippen LogP contribution in [0.2, 0.25) is 0 Å². The Morgan fingerprint density at radius 3 is 2.74 bits per heavy atom. The van der Waals surface area contributed by atoms with Crippen molar-refractivity contribution in [3.05, 3.63) is 11.8 Å². The van der Waals surface area contributed by atoms with Gasteiger partial charge in [-0.1, -0.05) is 6.92 Å². The third kappa shape index (κ3) is 3.66. The number of carbonyl (C=O) groups is 1. The van der Waals surface area contributed by atoms with E-state index in [0.717, 1.165) is 0 Å². The first-order valence-electron chi connectivity index (χ1n) is 7.78. The molecule has 3 heterocycles. The van der Waals surface area contributed by atoms with Crippen LogP contribution in [0.15, 0.2) is 4.42 Å². The third-order valence-corrected chi connectivity index (χ3v) is 4.12. The van der Waals surface area contributed by atoms with Gasteiger partial charge >= 0.3 is 0 Å². The zero-order valence-electron chi connectivity index (χ0n) is 13.0. The molecule has 0 unspecified atom stereocenters. The number of aryl methyl sites for hydroxylation is 1. The number of alkyl halides is 2. The van der Waals surface area contributed by atoms with Gasteiger partial charge in [0.25, 0.3) is 5.92 Å². The van der Waals surface area contributed by atoms with Gasteiger partial charge in [0, 0.05) is 25.9 Å². The predicted molar refractivity (Wildman–Crippen MR) is 75.0 cm³/mol. The van der Waals surface area contributed by atoms with Gasteiger partial charge in [0.05, 0.1) is 26.3 Å². The van der Waals surface area contributed by atoms with Crippen LogP contribution in [0.5, 0.6) is 0 Å². The molecule has 1 aromatic heterocycles. The minimum absolute atomic E-state index is 0.0920. The van der Waals surface area contributed by atoms with Crippen LogP contribution in [-0.2, 0) is 16.0 Å². The highest BCUT2D eigenvalue weighted by atomic mass is 19.3. The highest BCUT2D eigenvalue weighted by molar-refractivity contribution is 5.79. The number of hydrogen-bond acceptors (Lipinski definition) is 6. The number of amides is 1. The number of ether oxygens (including phenoxy) is 1. The Kier molecular flexibility index (Phi) is 4.58. The van der Waals surface area contributed by atoms with Gasteiger partial charge < -0.3 is 14.1 Å². The second-order valence-corrected chi connectivity index (χ2v) is 5.87. The molecule has 0 aromatic carbocycles. The van der Waals surface area contributed by atoms with E-state index in [9.17, 15) is 13.6 Å². The molecule has 2 aliphatic rings. The normalized spacial score (nSPS) is 25.0. The van der Waals surface area contributed by atoms with Gasteiger partial charge in [-0.05, 0) is 0 Å². The van der Waals surface area contributed by atoms with Crippen molar-refractivity contribution in [2.24, 2.45) is 0 Å². The van der Waals surface area contributed by atoms with Crippen LogP contribution < -0.4 is 0 Å². The molecule has 0 spiro atoms. The molecule has 0 bridgehead atoms. The summed E-state index contributed by atoms with van der Waals surface area (Å²) in [6.07, 6.45) is 0.0467. The van der Waals surface area contributed by atoms with E-state index < -0.39 is 24.9 Å². The van der Waals surface area contributed by atoms with E-state index in [4.69, 9.17) is 9.15 Å². The van der Waals surface area contributed by atoms with E-state index in [-0.39, 0.29) is 18.3 Å². The van der Waals surface area contributed by atoms with Crippen LogP contribution in [0.1, 0.15) is 31.2 Å². The Morgan fingerprint density at radius 2 is 2.09 bits per heavy atom. The molecule has 1 aromatic rings. The molecule has 0 saturated carbocycles. The molecule has 1 amide bonds. The second kappa shape index (κ2) is 6.48. The summed E-state index contributed by atoms with van der Waals surface area (Å²) in [6.45, 7) is 3.69. The topological polar surface area (TPSA) is 71.7 Å². The molecule has 9 heteroatoms. The Bertz CT molecular complexity index is 560. The zero-order chi connectivity index (χ0) is 16.4. The molecule has 0 N–H and O–H groups in total. The van der Waals surface area contributed by atoms with Crippen molar-refractivity contribution < 1.29 is 22.7 Å². The second-order valence-electron chi connectivity index (χ2n) is 5.87. The number of likely N-dealkylation sites (tertiary alicyclic amines) is 1. The maximum Gasteiger partial charge on any atom is 0.267 e. The van der Waals surface area contributed by atoms with Gasteiger partial charge in [0.2, 0.25) is 17.7 Å². The predicted octanol–water partition coefficient (Wildman–Crippen LogP) is 0.873. The molecule has 128 valence electrons. The highest BCUT2D eigenvalue weighted by Crippen LogP contribution is 2.40. The molecular weight excluding hydrogens is 310 g/mol. The quantitative estimate of drug-likeness (QED) is 0.816. The minimum atomic E-state index is -2.94. The molecule has 23 heavy (non-hydrogen) atoms. The van der Waals surface area contributed by atoms with Crippen LogP contribution in [-0.4, -0.2) is 71.2 Å². The lowest BCUT2D eigenvalue weighted by molar-refractivity contribution is -0.136. The first-order chi connectivity index (χ1) is 11.0. The molecule has 2 saturated heterocycles. The summed E-state index contributed by atoms with van der Waals surface area (Å²) < 4.78 is 38.3. The largest absolute Gasteiger partial charge is 0.423 e. The van der Waals surface area contributed by atoms with E-state index in [1.807, 2.05) is 11.8 Å².